The average Bonchev–Trinajstić information content (AvgIpc) is 2.28. The van der Waals surface area contributed by atoms with E-state index >= 15 is 0 Å². The summed E-state index contributed by atoms with van der Waals surface area (Å²) in [6, 6.07) is 6.48. The fourth-order valence-electron chi connectivity index (χ4n) is 1.35. The normalized spacial score (nSPS) is 10.2. The molecule has 0 aliphatic heterocycles. The summed E-state index contributed by atoms with van der Waals surface area (Å²) in [6.07, 6.45) is 0. The molecule has 2 aromatic rings. The molecule has 0 radical (unpaired) electrons. The van der Waals surface area contributed by atoms with Crippen LogP contribution in [0.2, 0.25) is 0 Å². The fourth-order valence-corrected chi connectivity index (χ4v) is 1.35. The number of nitrogens with zero attached hydrogens (tertiary/aromatic N) is 1. The number of carbonyl (C=O) groups is 1. The molecular weight excluding hydrogens is 227 g/mol. The van der Waals surface area contributed by atoms with E-state index in [1.165, 1.54) is 18.2 Å². The molecule has 0 aliphatic rings. The number of rotatable bonds is 2. The maximum absolute atomic E-state index is 13.4. The van der Waals surface area contributed by atoms with E-state index in [-0.39, 0.29) is 11.4 Å². The molecule has 0 saturated carbocycles. The molecule has 0 saturated heterocycles. The number of H-pyrrole nitrogens is 1. The van der Waals surface area contributed by atoms with Gasteiger partial charge in [0.05, 0.1) is 5.56 Å². The van der Waals surface area contributed by atoms with E-state index in [2.05, 4.69) is 9.97 Å². The summed E-state index contributed by atoms with van der Waals surface area (Å²) in [4.78, 5) is 27.9. The SMILES string of the molecule is O=C(O)c1cc(=O)[nH]c(-c2ccccc2F)n1. The molecule has 1 heterocycles. The highest BCUT2D eigenvalue weighted by Gasteiger charge is 2.11. The molecule has 2 N–H and O–H groups in total. The van der Waals surface area contributed by atoms with Gasteiger partial charge < -0.3 is 10.1 Å². The van der Waals surface area contributed by atoms with E-state index in [0.29, 0.717) is 0 Å². The molecule has 17 heavy (non-hydrogen) atoms. The molecule has 1 aromatic heterocycles. The number of carboxylic acid groups (broad SMARTS) is 1. The van der Waals surface area contributed by atoms with Crippen LogP contribution in [0.1, 0.15) is 10.5 Å². The second-order valence-corrected chi connectivity index (χ2v) is 3.26. The van der Waals surface area contributed by atoms with Crippen molar-refractivity contribution < 1.29 is 14.3 Å². The number of halogens is 1. The summed E-state index contributed by atoms with van der Waals surface area (Å²) in [7, 11) is 0. The van der Waals surface area contributed by atoms with Gasteiger partial charge in [-0.05, 0) is 12.1 Å². The molecule has 0 fully saturated rings. The first-order valence-electron chi connectivity index (χ1n) is 4.67. The Morgan fingerprint density at radius 1 is 1.35 bits per heavy atom. The molecule has 1 aromatic carbocycles. The Labute approximate surface area is 94.6 Å². The molecule has 2 rings (SSSR count). The summed E-state index contributed by atoms with van der Waals surface area (Å²) in [5.41, 5.74) is -1.02. The second kappa shape index (κ2) is 4.17. The maximum Gasteiger partial charge on any atom is 0.354 e. The highest BCUT2D eigenvalue weighted by atomic mass is 19.1. The molecule has 0 aliphatic carbocycles. The van der Waals surface area contributed by atoms with Crippen LogP contribution in [0.5, 0.6) is 0 Å². The van der Waals surface area contributed by atoms with Crippen LogP contribution < -0.4 is 5.56 Å². The minimum absolute atomic E-state index is 0.0488. The highest BCUT2D eigenvalue weighted by molar-refractivity contribution is 5.85. The average molecular weight is 234 g/mol. The van der Waals surface area contributed by atoms with Gasteiger partial charge in [-0.3, -0.25) is 4.79 Å². The fraction of sp³-hybridized carbons (Fsp3) is 0. The minimum atomic E-state index is -1.34. The number of aromatic nitrogens is 2. The summed E-state index contributed by atoms with van der Waals surface area (Å²) in [5, 5.41) is 8.74. The van der Waals surface area contributed by atoms with Gasteiger partial charge in [-0.25, -0.2) is 14.2 Å². The number of hydrogen-bond donors (Lipinski definition) is 2. The topological polar surface area (TPSA) is 83.0 Å². The standard InChI is InChI=1S/C11H7FN2O3/c12-7-4-2-1-3-6(7)10-13-8(11(16)17)5-9(15)14-10/h1-5H,(H,16,17)(H,13,14,15). The van der Waals surface area contributed by atoms with Crippen molar-refractivity contribution in [3.8, 4) is 11.4 Å². The highest BCUT2D eigenvalue weighted by Crippen LogP contribution is 2.17. The van der Waals surface area contributed by atoms with Crippen molar-refractivity contribution >= 4 is 5.97 Å². The number of nitrogens with one attached hydrogen (secondary N) is 1. The van der Waals surface area contributed by atoms with Gasteiger partial charge in [-0.15, -0.1) is 0 Å². The molecule has 0 spiro atoms. The molecular formula is C11H7FN2O3. The zero-order valence-electron chi connectivity index (χ0n) is 8.48. The van der Waals surface area contributed by atoms with E-state index in [9.17, 15) is 14.0 Å². The predicted molar refractivity (Wildman–Crippen MR) is 57.2 cm³/mol. The van der Waals surface area contributed by atoms with E-state index < -0.39 is 23.0 Å². The smallest absolute Gasteiger partial charge is 0.354 e. The van der Waals surface area contributed by atoms with Crippen molar-refractivity contribution in [2.24, 2.45) is 0 Å². The zero-order valence-corrected chi connectivity index (χ0v) is 8.48. The molecule has 5 nitrogen and oxygen atoms in total. The van der Waals surface area contributed by atoms with Gasteiger partial charge >= 0.3 is 5.97 Å². The third kappa shape index (κ3) is 2.20. The molecule has 6 heteroatoms. The molecule has 0 amide bonds. The van der Waals surface area contributed by atoms with Gasteiger partial charge in [0, 0.05) is 6.07 Å². The summed E-state index contributed by atoms with van der Waals surface area (Å²) in [5.74, 6) is -2.03. The van der Waals surface area contributed by atoms with E-state index in [1.807, 2.05) is 0 Å². The predicted octanol–water partition coefficient (Wildman–Crippen LogP) is 1.27. The van der Waals surface area contributed by atoms with Gasteiger partial charge in [-0.2, -0.15) is 0 Å². The Morgan fingerprint density at radius 2 is 2.06 bits per heavy atom. The van der Waals surface area contributed by atoms with E-state index in [4.69, 9.17) is 5.11 Å². The van der Waals surface area contributed by atoms with Crippen molar-refractivity contribution in [2.75, 3.05) is 0 Å². The van der Waals surface area contributed by atoms with Crippen LogP contribution in [0.4, 0.5) is 4.39 Å². The van der Waals surface area contributed by atoms with Gasteiger partial charge in [0.25, 0.3) is 5.56 Å². The van der Waals surface area contributed by atoms with Crippen LogP contribution in [-0.4, -0.2) is 21.0 Å². The molecule has 0 atom stereocenters. The minimum Gasteiger partial charge on any atom is -0.477 e. The molecule has 0 unspecified atom stereocenters. The largest absolute Gasteiger partial charge is 0.477 e. The van der Waals surface area contributed by atoms with Crippen LogP contribution in [0, 0.1) is 5.82 Å². The van der Waals surface area contributed by atoms with Gasteiger partial charge in [-0.1, -0.05) is 12.1 Å². The zero-order chi connectivity index (χ0) is 12.4. The van der Waals surface area contributed by atoms with Crippen LogP contribution in [0.25, 0.3) is 11.4 Å². The van der Waals surface area contributed by atoms with Crippen molar-refractivity contribution in [3.63, 3.8) is 0 Å². The van der Waals surface area contributed by atoms with Gasteiger partial charge in [0.15, 0.2) is 5.69 Å². The Hall–Kier alpha value is -2.50. The van der Waals surface area contributed by atoms with E-state index in [0.717, 1.165) is 6.07 Å². The van der Waals surface area contributed by atoms with Gasteiger partial charge in [0.2, 0.25) is 0 Å². The number of benzene rings is 1. The van der Waals surface area contributed by atoms with Crippen LogP contribution >= 0.6 is 0 Å². The lowest BCUT2D eigenvalue weighted by Gasteiger charge is -2.02. The van der Waals surface area contributed by atoms with Crippen LogP contribution in [0.3, 0.4) is 0 Å². The number of aromatic carboxylic acids is 1. The third-order valence-corrected chi connectivity index (χ3v) is 2.09. The first-order chi connectivity index (χ1) is 8.08. The number of aromatic amines is 1. The molecule has 86 valence electrons. The summed E-state index contributed by atoms with van der Waals surface area (Å²) >= 11 is 0. The van der Waals surface area contributed by atoms with Crippen molar-refractivity contribution in [2.45, 2.75) is 0 Å². The Morgan fingerprint density at radius 3 is 2.71 bits per heavy atom. The first-order valence-corrected chi connectivity index (χ1v) is 4.67. The first kappa shape index (κ1) is 11.0. The summed E-state index contributed by atoms with van der Waals surface area (Å²) in [6.45, 7) is 0. The summed E-state index contributed by atoms with van der Waals surface area (Å²) < 4.78 is 13.4. The van der Waals surface area contributed by atoms with E-state index in [1.54, 1.807) is 6.07 Å². The Kier molecular flexibility index (Phi) is 2.70. The Balaban J connectivity index is 2.64. The lowest BCUT2D eigenvalue weighted by molar-refractivity contribution is 0.0690. The molecule has 0 bridgehead atoms. The monoisotopic (exact) mass is 234 g/mol. The Bertz CT molecular complexity index is 637. The lowest BCUT2D eigenvalue weighted by atomic mass is 10.2. The lowest BCUT2D eigenvalue weighted by Crippen LogP contribution is -2.13. The third-order valence-electron chi connectivity index (χ3n) is 2.09. The number of carboxylic acids is 1. The maximum atomic E-state index is 13.4. The number of hydrogen-bond acceptors (Lipinski definition) is 3. The van der Waals surface area contributed by atoms with Crippen LogP contribution in [0.15, 0.2) is 35.1 Å². The van der Waals surface area contributed by atoms with Crippen molar-refractivity contribution in [1.82, 2.24) is 9.97 Å². The van der Waals surface area contributed by atoms with Crippen LogP contribution in [-0.2, 0) is 0 Å². The van der Waals surface area contributed by atoms with Crippen molar-refractivity contribution in [1.29, 1.82) is 0 Å². The quantitative estimate of drug-likeness (QED) is 0.819. The van der Waals surface area contributed by atoms with Gasteiger partial charge in [0.1, 0.15) is 11.6 Å². The van der Waals surface area contributed by atoms with Crippen molar-refractivity contribution in [3.05, 3.63) is 52.2 Å². The second-order valence-electron chi connectivity index (χ2n) is 3.26.